The van der Waals surface area contributed by atoms with Crippen molar-refractivity contribution < 1.29 is 4.39 Å². The van der Waals surface area contributed by atoms with E-state index in [-0.39, 0.29) is 5.82 Å². The van der Waals surface area contributed by atoms with Gasteiger partial charge >= 0.3 is 0 Å². The Kier molecular flexibility index (Phi) is 5.11. The first kappa shape index (κ1) is 14.2. The summed E-state index contributed by atoms with van der Waals surface area (Å²) in [6.07, 6.45) is 0. The van der Waals surface area contributed by atoms with Gasteiger partial charge in [-0.25, -0.2) is 4.39 Å². The van der Waals surface area contributed by atoms with Crippen LogP contribution in [0.1, 0.15) is 18.1 Å². The van der Waals surface area contributed by atoms with Crippen LogP contribution in [0.25, 0.3) is 0 Å². The Bertz CT molecular complexity index is 507. The summed E-state index contributed by atoms with van der Waals surface area (Å²) in [5.74, 6) is -0.194. The Hall–Kier alpha value is -1.19. The third-order valence-electron chi connectivity index (χ3n) is 3.02. The maximum atomic E-state index is 13.4. The molecule has 0 fully saturated rings. The van der Waals surface area contributed by atoms with Gasteiger partial charge in [-0.05, 0) is 35.9 Å². The molecule has 0 radical (unpaired) electrons. The highest BCUT2D eigenvalue weighted by molar-refractivity contribution is 9.10. The van der Waals surface area contributed by atoms with Crippen LogP contribution in [0.5, 0.6) is 0 Å². The molecule has 0 N–H and O–H groups in total. The van der Waals surface area contributed by atoms with Gasteiger partial charge in [-0.1, -0.05) is 53.2 Å². The molecule has 0 bridgehead atoms. The maximum absolute atomic E-state index is 13.4. The standard InChI is InChI=1S/C16H17BrFN/c1-2-19(11-13-6-4-3-5-7-13)12-14-8-15(17)10-16(18)9-14/h3-10H,2,11-12H2,1H3. The molecular formula is C16H17BrFN. The summed E-state index contributed by atoms with van der Waals surface area (Å²) in [5, 5.41) is 0. The van der Waals surface area contributed by atoms with Crippen LogP contribution in [0.4, 0.5) is 4.39 Å². The smallest absolute Gasteiger partial charge is 0.124 e. The summed E-state index contributed by atoms with van der Waals surface area (Å²) in [6, 6.07) is 15.4. The monoisotopic (exact) mass is 321 g/mol. The Morgan fingerprint density at radius 1 is 1.00 bits per heavy atom. The van der Waals surface area contributed by atoms with E-state index >= 15 is 0 Å². The molecule has 0 aliphatic carbocycles. The molecule has 0 aliphatic rings. The third kappa shape index (κ3) is 4.44. The van der Waals surface area contributed by atoms with E-state index in [0.717, 1.165) is 29.7 Å². The van der Waals surface area contributed by atoms with E-state index in [0.29, 0.717) is 0 Å². The predicted octanol–water partition coefficient (Wildman–Crippen LogP) is 4.61. The first-order valence-electron chi connectivity index (χ1n) is 6.38. The second-order valence-electron chi connectivity index (χ2n) is 4.57. The van der Waals surface area contributed by atoms with Crippen molar-refractivity contribution in [3.63, 3.8) is 0 Å². The van der Waals surface area contributed by atoms with Gasteiger partial charge in [-0.2, -0.15) is 0 Å². The van der Waals surface area contributed by atoms with Crippen LogP contribution >= 0.6 is 15.9 Å². The quantitative estimate of drug-likeness (QED) is 0.777. The van der Waals surface area contributed by atoms with Gasteiger partial charge < -0.3 is 0 Å². The molecule has 2 rings (SSSR count). The molecule has 2 aromatic carbocycles. The highest BCUT2D eigenvalue weighted by atomic mass is 79.9. The minimum atomic E-state index is -0.194. The summed E-state index contributed by atoms with van der Waals surface area (Å²) in [4.78, 5) is 2.29. The minimum Gasteiger partial charge on any atom is -0.295 e. The van der Waals surface area contributed by atoms with Gasteiger partial charge in [0.25, 0.3) is 0 Å². The van der Waals surface area contributed by atoms with Crippen LogP contribution in [0.3, 0.4) is 0 Å². The van der Waals surface area contributed by atoms with E-state index in [4.69, 9.17) is 0 Å². The molecule has 3 heteroatoms. The molecule has 0 atom stereocenters. The fourth-order valence-corrected chi connectivity index (χ4v) is 2.59. The molecule has 0 saturated carbocycles. The molecule has 2 aromatic rings. The van der Waals surface area contributed by atoms with E-state index in [1.807, 2.05) is 24.3 Å². The molecule has 0 aliphatic heterocycles. The fourth-order valence-electron chi connectivity index (χ4n) is 2.08. The second kappa shape index (κ2) is 6.83. The van der Waals surface area contributed by atoms with E-state index in [1.165, 1.54) is 11.6 Å². The van der Waals surface area contributed by atoms with Crippen molar-refractivity contribution in [2.75, 3.05) is 6.54 Å². The van der Waals surface area contributed by atoms with Crippen LogP contribution in [0, 0.1) is 5.82 Å². The van der Waals surface area contributed by atoms with E-state index in [9.17, 15) is 4.39 Å². The lowest BCUT2D eigenvalue weighted by molar-refractivity contribution is 0.271. The zero-order valence-corrected chi connectivity index (χ0v) is 12.5. The van der Waals surface area contributed by atoms with Crippen molar-refractivity contribution in [2.24, 2.45) is 0 Å². The normalized spacial score (nSPS) is 10.9. The van der Waals surface area contributed by atoms with Gasteiger partial charge in [0.15, 0.2) is 0 Å². The van der Waals surface area contributed by atoms with Crippen molar-refractivity contribution in [1.82, 2.24) is 4.90 Å². The second-order valence-corrected chi connectivity index (χ2v) is 5.48. The fraction of sp³-hybridized carbons (Fsp3) is 0.250. The van der Waals surface area contributed by atoms with E-state index in [1.54, 1.807) is 6.07 Å². The first-order valence-corrected chi connectivity index (χ1v) is 7.18. The number of hydrogen-bond acceptors (Lipinski definition) is 1. The molecule has 0 spiro atoms. The molecule has 100 valence electrons. The molecule has 0 amide bonds. The first-order chi connectivity index (χ1) is 9.17. The van der Waals surface area contributed by atoms with Gasteiger partial charge in [0.1, 0.15) is 5.82 Å². The summed E-state index contributed by atoms with van der Waals surface area (Å²) >= 11 is 3.33. The molecule has 0 unspecified atom stereocenters. The number of rotatable bonds is 5. The summed E-state index contributed by atoms with van der Waals surface area (Å²) in [5.41, 5.74) is 2.27. The Morgan fingerprint density at radius 3 is 2.32 bits per heavy atom. The molecule has 0 saturated heterocycles. The maximum Gasteiger partial charge on any atom is 0.124 e. The largest absolute Gasteiger partial charge is 0.295 e. The van der Waals surface area contributed by atoms with Gasteiger partial charge in [-0.3, -0.25) is 4.90 Å². The van der Waals surface area contributed by atoms with Crippen molar-refractivity contribution in [1.29, 1.82) is 0 Å². The average molecular weight is 322 g/mol. The third-order valence-corrected chi connectivity index (χ3v) is 3.48. The highest BCUT2D eigenvalue weighted by Gasteiger charge is 2.06. The van der Waals surface area contributed by atoms with Crippen LogP contribution < -0.4 is 0 Å². The number of hydrogen-bond donors (Lipinski definition) is 0. The van der Waals surface area contributed by atoms with Crippen LogP contribution in [0.15, 0.2) is 53.0 Å². The highest BCUT2D eigenvalue weighted by Crippen LogP contribution is 2.17. The van der Waals surface area contributed by atoms with Crippen molar-refractivity contribution in [2.45, 2.75) is 20.0 Å². The lowest BCUT2D eigenvalue weighted by atomic mass is 10.1. The SMILES string of the molecule is CCN(Cc1ccccc1)Cc1cc(F)cc(Br)c1. The number of halogens is 2. The minimum absolute atomic E-state index is 0.194. The van der Waals surface area contributed by atoms with E-state index in [2.05, 4.69) is 39.9 Å². The van der Waals surface area contributed by atoms with Crippen molar-refractivity contribution >= 4 is 15.9 Å². The molecule has 0 heterocycles. The lowest BCUT2D eigenvalue weighted by Crippen LogP contribution is -2.22. The number of nitrogens with zero attached hydrogens (tertiary/aromatic N) is 1. The Balaban J connectivity index is 2.06. The molecule has 19 heavy (non-hydrogen) atoms. The van der Waals surface area contributed by atoms with Crippen LogP contribution in [-0.4, -0.2) is 11.4 Å². The van der Waals surface area contributed by atoms with Gasteiger partial charge in [0, 0.05) is 17.6 Å². The zero-order valence-electron chi connectivity index (χ0n) is 10.9. The predicted molar refractivity (Wildman–Crippen MR) is 80.3 cm³/mol. The average Bonchev–Trinajstić information content (AvgIpc) is 2.38. The van der Waals surface area contributed by atoms with Crippen LogP contribution in [-0.2, 0) is 13.1 Å². The zero-order chi connectivity index (χ0) is 13.7. The van der Waals surface area contributed by atoms with Crippen LogP contribution in [0.2, 0.25) is 0 Å². The summed E-state index contributed by atoms with van der Waals surface area (Å²) in [7, 11) is 0. The molecule has 0 aromatic heterocycles. The summed E-state index contributed by atoms with van der Waals surface area (Å²) in [6.45, 7) is 4.69. The Morgan fingerprint density at radius 2 is 1.68 bits per heavy atom. The molecule has 1 nitrogen and oxygen atoms in total. The van der Waals surface area contributed by atoms with E-state index < -0.39 is 0 Å². The summed E-state index contributed by atoms with van der Waals surface area (Å²) < 4.78 is 14.2. The van der Waals surface area contributed by atoms with Gasteiger partial charge in [-0.15, -0.1) is 0 Å². The molecular weight excluding hydrogens is 305 g/mol. The van der Waals surface area contributed by atoms with Crippen molar-refractivity contribution in [3.05, 3.63) is 69.9 Å². The van der Waals surface area contributed by atoms with Crippen molar-refractivity contribution in [3.8, 4) is 0 Å². The Labute approximate surface area is 122 Å². The van der Waals surface area contributed by atoms with Gasteiger partial charge in [0.2, 0.25) is 0 Å². The van der Waals surface area contributed by atoms with Gasteiger partial charge in [0.05, 0.1) is 0 Å². The number of benzene rings is 2. The lowest BCUT2D eigenvalue weighted by Gasteiger charge is -2.20. The topological polar surface area (TPSA) is 3.24 Å².